The summed E-state index contributed by atoms with van der Waals surface area (Å²) in [5, 5.41) is 1.75. The quantitative estimate of drug-likeness (QED) is 0.107. The second-order valence-corrected chi connectivity index (χ2v) is 24.9. The molecule has 0 bridgehead atoms. The van der Waals surface area contributed by atoms with Crippen LogP contribution in [-0.2, 0) is 23.6 Å². The Bertz CT molecular complexity index is 1810. The second-order valence-electron chi connectivity index (χ2n) is 17.7. The molecule has 0 unspecified atom stereocenters. The molecule has 284 valence electrons. The van der Waals surface area contributed by atoms with Crippen LogP contribution in [0.15, 0.2) is 54.6 Å². The molecule has 52 heavy (non-hydrogen) atoms. The van der Waals surface area contributed by atoms with E-state index in [2.05, 4.69) is 79.4 Å². The summed E-state index contributed by atoms with van der Waals surface area (Å²) in [4.78, 5) is 32.1. The molecule has 2 atom stereocenters. The molecule has 2 N–H and O–H groups in total. The molecule has 0 radical (unpaired) electrons. The van der Waals surface area contributed by atoms with Crippen LogP contribution in [0.2, 0.25) is 25.7 Å². The van der Waals surface area contributed by atoms with E-state index in [4.69, 9.17) is 18.9 Å². The number of ether oxygens (including phenoxy) is 4. The first-order chi connectivity index (χ1) is 24.1. The molecule has 1 heterocycles. The van der Waals surface area contributed by atoms with E-state index in [1.165, 1.54) is 17.7 Å². The Kier molecular flexibility index (Phi) is 11.7. The fraction of sp³-hybridized carbons (Fsp3) is 0.537. The van der Waals surface area contributed by atoms with Gasteiger partial charge in [0.25, 0.3) is 0 Å². The highest BCUT2D eigenvalue weighted by atomic mass is 31.2. The van der Waals surface area contributed by atoms with Gasteiger partial charge < -0.3 is 28.7 Å². The minimum absolute atomic E-state index is 0.120. The number of esters is 1. The standard InChI is InChI=1S/C41H56FO8PSi/c1-39(2,3)41(40(4,5)6)49-32(23-33(50-41)25-37(43)47-20-21-52(7,8)9)18-19-34-35(27-10-11-27)22-29-14-17-31(48-26-51(44,45)46)24-36(29)38(34)28-12-15-30(42)16-13-28/h12-19,22,24,27,32-33H,10-11,20-21,23,25-26H2,1-9H3,(H2,44,45,46)/t32-,33-/m1/s1. The van der Waals surface area contributed by atoms with Gasteiger partial charge in [-0.1, -0.05) is 97.6 Å². The van der Waals surface area contributed by atoms with Gasteiger partial charge in [-0.3, -0.25) is 9.36 Å². The van der Waals surface area contributed by atoms with E-state index < -0.39 is 50.8 Å². The Morgan fingerprint density at radius 2 is 1.65 bits per heavy atom. The number of fused-ring (bicyclic) bond motifs is 1. The predicted molar refractivity (Wildman–Crippen MR) is 208 cm³/mol. The minimum Gasteiger partial charge on any atom is -0.481 e. The average molecular weight is 755 g/mol. The smallest absolute Gasteiger partial charge is 0.362 e. The van der Waals surface area contributed by atoms with Gasteiger partial charge in [-0.2, -0.15) is 0 Å². The van der Waals surface area contributed by atoms with Crippen LogP contribution in [0.5, 0.6) is 5.75 Å². The van der Waals surface area contributed by atoms with Crippen LogP contribution in [0.4, 0.5) is 4.39 Å². The van der Waals surface area contributed by atoms with Gasteiger partial charge in [-0.15, -0.1) is 0 Å². The highest BCUT2D eigenvalue weighted by Gasteiger charge is 2.57. The van der Waals surface area contributed by atoms with Crippen molar-refractivity contribution in [2.75, 3.05) is 13.0 Å². The summed E-state index contributed by atoms with van der Waals surface area (Å²) < 4.78 is 51.0. The Hall–Kier alpha value is -2.85. The lowest BCUT2D eigenvalue weighted by Crippen LogP contribution is -2.63. The van der Waals surface area contributed by atoms with Gasteiger partial charge in [0.05, 0.1) is 25.2 Å². The zero-order valence-electron chi connectivity index (χ0n) is 32.1. The van der Waals surface area contributed by atoms with Crippen LogP contribution < -0.4 is 4.74 Å². The molecule has 5 rings (SSSR count). The van der Waals surface area contributed by atoms with E-state index in [9.17, 15) is 23.5 Å². The average Bonchev–Trinajstić information content (AvgIpc) is 3.86. The molecule has 3 aromatic carbocycles. The van der Waals surface area contributed by atoms with Crippen molar-refractivity contribution in [1.82, 2.24) is 0 Å². The number of carbonyl (C=O) groups is 1. The molecule has 2 aliphatic rings. The predicted octanol–water partition coefficient (Wildman–Crippen LogP) is 10.3. The van der Waals surface area contributed by atoms with Crippen molar-refractivity contribution in [3.63, 3.8) is 0 Å². The number of rotatable bonds is 12. The molecule has 11 heteroatoms. The third kappa shape index (κ3) is 9.81. The van der Waals surface area contributed by atoms with Gasteiger partial charge in [0.1, 0.15) is 11.6 Å². The Morgan fingerprint density at radius 3 is 2.23 bits per heavy atom. The van der Waals surface area contributed by atoms with Crippen molar-refractivity contribution in [2.45, 2.75) is 117 Å². The Morgan fingerprint density at radius 1 is 1.00 bits per heavy atom. The molecule has 1 aliphatic carbocycles. The first-order valence-electron chi connectivity index (χ1n) is 18.3. The zero-order chi connectivity index (χ0) is 38.3. The Balaban J connectivity index is 1.59. The number of hydrogen-bond acceptors (Lipinski definition) is 6. The molecule has 8 nitrogen and oxygen atoms in total. The molecule has 1 saturated carbocycles. The van der Waals surface area contributed by atoms with Crippen LogP contribution in [0.1, 0.15) is 84.3 Å². The van der Waals surface area contributed by atoms with E-state index >= 15 is 0 Å². The summed E-state index contributed by atoms with van der Waals surface area (Å²) in [7, 11) is -5.77. The largest absolute Gasteiger partial charge is 0.481 e. The lowest BCUT2D eigenvalue weighted by atomic mass is 9.69. The molecule has 2 fully saturated rings. The monoisotopic (exact) mass is 754 g/mol. The van der Waals surface area contributed by atoms with Crippen molar-refractivity contribution in [1.29, 1.82) is 0 Å². The van der Waals surface area contributed by atoms with Crippen LogP contribution >= 0.6 is 7.60 Å². The first-order valence-corrected chi connectivity index (χ1v) is 23.8. The molecule has 1 aliphatic heterocycles. The highest BCUT2D eigenvalue weighted by Crippen LogP contribution is 2.53. The van der Waals surface area contributed by atoms with Crippen LogP contribution in [0.25, 0.3) is 28.0 Å². The van der Waals surface area contributed by atoms with Gasteiger partial charge in [0, 0.05) is 25.3 Å². The molecule has 1 saturated heterocycles. The summed E-state index contributed by atoms with van der Waals surface area (Å²) in [5.41, 5.74) is 2.88. The van der Waals surface area contributed by atoms with Gasteiger partial charge in [-0.25, -0.2) is 4.39 Å². The third-order valence-corrected chi connectivity index (χ3v) is 12.0. The maximum atomic E-state index is 14.2. The highest BCUT2D eigenvalue weighted by molar-refractivity contribution is 7.51. The van der Waals surface area contributed by atoms with E-state index in [1.54, 1.807) is 24.3 Å². The molecular formula is C41H56FO8PSi. The SMILES string of the molecule is CC(C)(C)C1(C(C)(C)C)O[C@@H](CC(=O)OCC[Si](C)(C)C)C[C@@H](C=Cc2c(C3CC3)cc3ccc(OCP(=O)(O)O)cc3c2-c2ccc(F)cc2)O1. The van der Waals surface area contributed by atoms with Crippen LogP contribution in [0, 0.1) is 16.6 Å². The van der Waals surface area contributed by atoms with Crippen molar-refractivity contribution in [3.05, 3.63) is 71.6 Å². The zero-order valence-corrected chi connectivity index (χ0v) is 34.0. The van der Waals surface area contributed by atoms with Gasteiger partial charge in [-0.05, 0) is 82.1 Å². The maximum Gasteiger partial charge on any atom is 0.362 e. The van der Waals surface area contributed by atoms with E-state index in [0.717, 1.165) is 46.3 Å². The molecular weight excluding hydrogens is 699 g/mol. The fourth-order valence-electron chi connectivity index (χ4n) is 7.33. The van der Waals surface area contributed by atoms with Crippen molar-refractivity contribution < 1.29 is 42.5 Å². The lowest BCUT2D eigenvalue weighted by Gasteiger charge is -2.57. The van der Waals surface area contributed by atoms with E-state index in [0.29, 0.717) is 24.7 Å². The third-order valence-electron chi connectivity index (χ3n) is 9.84. The van der Waals surface area contributed by atoms with Crippen molar-refractivity contribution in [3.8, 4) is 16.9 Å². The number of carbonyl (C=O) groups excluding carboxylic acids is 1. The fourth-order valence-corrected chi connectivity index (χ4v) is 8.36. The summed E-state index contributed by atoms with van der Waals surface area (Å²) in [6, 6.07) is 14.8. The molecule has 0 spiro atoms. The second kappa shape index (κ2) is 15.1. The van der Waals surface area contributed by atoms with E-state index in [1.807, 2.05) is 6.07 Å². The van der Waals surface area contributed by atoms with Crippen LogP contribution in [-0.4, -0.2) is 54.8 Å². The number of benzene rings is 3. The number of halogens is 1. The summed E-state index contributed by atoms with van der Waals surface area (Å²) in [6.07, 6.45) is 5.23. The van der Waals surface area contributed by atoms with Gasteiger partial charge >= 0.3 is 13.6 Å². The molecule has 3 aromatic rings. The maximum absolute atomic E-state index is 14.2. The lowest BCUT2D eigenvalue weighted by molar-refractivity contribution is -0.389. The summed E-state index contributed by atoms with van der Waals surface area (Å²) in [5.74, 6) is -0.988. The normalized spacial score (nSPS) is 20.0. The summed E-state index contributed by atoms with van der Waals surface area (Å²) in [6.45, 7) is 19.8. The van der Waals surface area contributed by atoms with Gasteiger partial charge in [0.15, 0.2) is 12.1 Å². The molecule has 0 amide bonds. The first kappa shape index (κ1) is 40.3. The van der Waals surface area contributed by atoms with Crippen LogP contribution in [0.3, 0.4) is 0 Å². The minimum atomic E-state index is -4.40. The summed E-state index contributed by atoms with van der Waals surface area (Å²) >= 11 is 0. The van der Waals surface area contributed by atoms with Crippen molar-refractivity contribution in [2.24, 2.45) is 10.8 Å². The number of hydrogen-bond donors (Lipinski definition) is 2. The van der Waals surface area contributed by atoms with Crippen molar-refractivity contribution >= 4 is 38.5 Å². The van der Waals surface area contributed by atoms with E-state index in [-0.39, 0.29) is 18.2 Å². The van der Waals surface area contributed by atoms with Gasteiger partial charge in [0.2, 0.25) is 0 Å². The molecule has 0 aromatic heterocycles. The topological polar surface area (TPSA) is 112 Å². The Labute approximate surface area is 309 Å².